The number of anilines is 1. The summed E-state index contributed by atoms with van der Waals surface area (Å²) in [6.45, 7) is 4.39. The zero-order valence-electron chi connectivity index (χ0n) is 18.0. The summed E-state index contributed by atoms with van der Waals surface area (Å²) in [5.41, 5.74) is 2.84. The number of aliphatic hydroxyl groups is 1. The number of rotatable bonds is 6. The highest BCUT2D eigenvalue weighted by atomic mass is 16.5. The fourth-order valence-electron chi connectivity index (χ4n) is 3.91. The minimum atomic E-state index is -0.777. The zero-order chi connectivity index (χ0) is 22.7. The van der Waals surface area contributed by atoms with Gasteiger partial charge in [-0.3, -0.25) is 19.5 Å². The van der Waals surface area contributed by atoms with E-state index in [1.54, 1.807) is 48.8 Å². The Bertz CT molecular complexity index is 1170. The number of benzene rings is 2. The summed E-state index contributed by atoms with van der Waals surface area (Å²) >= 11 is 0. The van der Waals surface area contributed by atoms with Crippen molar-refractivity contribution in [2.24, 2.45) is 0 Å². The quantitative estimate of drug-likeness (QED) is 0.351. The molecule has 1 saturated heterocycles. The van der Waals surface area contributed by atoms with Gasteiger partial charge in [0.1, 0.15) is 11.5 Å². The number of aromatic nitrogens is 1. The normalized spacial score (nSPS) is 17.6. The van der Waals surface area contributed by atoms with Crippen molar-refractivity contribution in [3.8, 4) is 5.75 Å². The third-order valence-electron chi connectivity index (χ3n) is 5.51. The van der Waals surface area contributed by atoms with Gasteiger partial charge in [0.05, 0.1) is 18.2 Å². The second kappa shape index (κ2) is 9.06. The molecule has 1 aromatic heterocycles. The van der Waals surface area contributed by atoms with Crippen LogP contribution < -0.4 is 9.64 Å². The molecular formula is C26H24N2O4. The van der Waals surface area contributed by atoms with Crippen molar-refractivity contribution in [2.45, 2.75) is 26.3 Å². The predicted molar refractivity (Wildman–Crippen MR) is 122 cm³/mol. The minimum Gasteiger partial charge on any atom is -0.507 e. The third kappa shape index (κ3) is 3.87. The summed E-state index contributed by atoms with van der Waals surface area (Å²) in [4.78, 5) is 31.8. The first kappa shape index (κ1) is 21.3. The molecule has 162 valence electrons. The molecular weight excluding hydrogens is 404 g/mol. The lowest BCUT2D eigenvalue weighted by Crippen LogP contribution is -2.29. The number of aliphatic hydroxyl groups excluding tert-OH is 1. The number of ether oxygens (including phenoxy) is 1. The van der Waals surface area contributed by atoms with Crippen molar-refractivity contribution < 1.29 is 19.4 Å². The summed E-state index contributed by atoms with van der Waals surface area (Å²) in [7, 11) is 0. The fourth-order valence-corrected chi connectivity index (χ4v) is 3.91. The fraction of sp³-hybridized carbons (Fsp3) is 0.192. The molecule has 4 rings (SSSR count). The molecule has 0 saturated carbocycles. The third-order valence-corrected chi connectivity index (χ3v) is 5.51. The van der Waals surface area contributed by atoms with E-state index in [4.69, 9.17) is 4.74 Å². The van der Waals surface area contributed by atoms with Crippen LogP contribution in [0, 0.1) is 0 Å². The highest BCUT2D eigenvalue weighted by molar-refractivity contribution is 6.51. The maximum absolute atomic E-state index is 13.2. The molecule has 0 bridgehead atoms. The molecule has 1 N–H and O–H groups in total. The predicted octanol–water partition coefficient (Wildman–Crippen LogP) is 4.67. The number of aryl methyl sites for hydroxylation is 1. The SMILES string of the molecule is CCOc1cccc(/C(O)=C2/C(=O)C(=O)N(c3ccc(CC)cc3)C2c2ccncc2)c1. The highest BCUT2D eigenvalue weighted by Crippen LogP contribution is 2.42. The maximum atomic E-state index is 13.2. The first-order valence-electron chi connectivity index (χ1n) is 10.6. The lowest BCUT2D eigenvalue weighted by Gasteiger charge is -2.25. The molecule has 0 spiro atoms. The number of carbonyl (C=O) groups is 2. The number of hydrogen-bond acceptors (Lipinski definition) is 5. The van der Waals surface area contributed by atoms with Gasteiger partial charge in [0.2, 0.25) is 0 Å². The Hall–Kier alpha value is -3.93. The summed E-state index contributed by atoms with van der Waals surface area (Å²) in [6.07, 6.45) is 4.07. The molecule has 1 aliphatic rings. The topological polar surface area (TPSA) is 79.7 Å². The Balaban J connectivity index is 1.89. The van der Waals surface area contributed by atoms with Gasteiger partial charge in [0, 0.05) is 23.6 Å². The van der Waals surface area contributed by atoms with Gasteiger partial charge in [-0.25, -0.2) is 0 Å². The molecule has 32 heavy (non-hydrogen) atoms. The van der Waals surface area contributed by atoms with E-state index in [0.29, 0.717) is 29.2 Å². The molecule has 2 aromatic carbocycles. The van der Waals surface area contributed by atoms with E-state index in [1.807, 2.05) is 31.2 Å². The number of Topliss-reactive ketones (excluding diaryl/α,β-unsaturated/α-hetero) is 1. The van der Waals surface area contributed by atoms with Gasteiger partial charge in [-0.2, -0.15) is 0 Å². The van der Waals surface area contributed by atoms with E-state index in [1.165, 1.54) is 4.90 Å². The molecule has 0 aliphatic carbocycles. The van der Waals surface area contributed by atoms with Crippen molar-refractivity contribution >= 4 is 23.1 Å². The van der Waals surface area contributed by atoms with Crippen LogP contribution in [0.2, 0.25) is 0 Å². The van der Waals surface area contributed by atoms with Crippen LogP contribution in [-0.2, 0) is 16.0 Å². The average molecular weight is 428 g/mol. The number of carbonyl (C=O) groups excluding carboxylic acids is 2. The molecule has 2 heterocycles. The van der Waals surface area contributed by atoms with Gasteiger partial charge in [-0.15, -0.1) is 0 Å². The molecule has 1 aliphatic heterocycles. The van der Waals surface area contributed by atoms with Gasteiger partial charge in [0.15, 0.2) is 0 Å². The van der Waals surface area contributed by atoms with Gasteiger partial charge in [-0.05, 0) is 60.9 Å². The Labute approximate surface area is 186 Å². The highest BCUT2D eigenvalue weighted by Gasteiger charge is 2.46. The molecule has 0 radical (unpaired) electrons. The summed E-state index contributed by atoms with van der Waals surface area (Å²) < 4.78 is 5.53. The Morgan fingerprint density at radius 1 is 1.03 bits per heavy atom. The summed E-state index contributed by atoms with van der Waals surface area (Å²) in [5, 5.41) is 11.2. The van der Waals surface area contributed by atoms with Crippen molar-refractivity contribution in [3.05, 3.63) is 95.3 Å². The zero-order valence-corrected chi connectivity index (χ0v) is 18.0. The van der Waals surface area contributed by atoms with Crippen molar-refractivity contribution in [1.82, 2.24) is 4.98 Å². The summed E-state index contributed by atoms with van der Waals surface area (Å²) in [5.74, 6) is -1.08. The lowest BCUT2D eigenvalue weighted by molar-refractivity contribution is -0.132. The Morgan fingerprint density at radius 3 is 2.41 bits per heavy atom. The largest absolute Gasteiger partial charge is 0.507 e. The first-order chi connectivity index (χ1) is 15.5. The van der Waals surface area contributed by atoms with Crippen molar-refractivity contribution in [2.75, 3.05) is 11.5 Å². The average Bonchev–Trinajstić information content (AvgIpc) is 3.10. The van der Waals surface area contributed by atoms with Crippen LogP contribution in [-0.4, -0.2) is 28.4 Å². The van der Waals surface area contributed by atoms with Crippen LogP contribution in [0.1, 0.15) is 36.6 Å². The van der Waals surface area contributed by atoms with Gasteiger partial charge in [0.25, 0.3) is 11.7 Å². The van der Waals surface area contributed by atoms with E-state index in [0.717, 1.165) is 12.0 Å². The van der Waals surface area contributed by atoms with Gasteiger partial charge in [-0.1, -0.05) is 31.2 Å². The monoisotopic (exact) mass is 428 g/mol. The van der Waals surface area contributed by atoms with E-state index in [9.17, 15) is 14.7 Å². The molecule has 1 amide bonds. The standard InChI is InChI=1S/C26H24N2O4/c1-3-17-8-10-20(11-9-17)28-23(18-12-14-27-15-13-18)22(25(30)26(28)31)24(29)19-6-5-7-21(16-19)32-4-2/h5-16,23,29H,3-4H2,1-2H3/b24-22-. The van der Waals surface area contributed by atoms with Gasteiger partial charge < -0.3 is 9.84 Å². The molecule has 6 nitrogen and oxygen atoms in total. The second-order valence-corrected chi connectivity index (χ2v) is 7.43. The number of nitrogens with zero attached hydrogens (tertiary/aromatic N) is 2. The Morgan fingerprint density at radius 2 is 1.75 bits per heavy atom. The molecule has 1 atom stereocenters. The number of ketones is 1. The van der Waals surface area contributed by atoms with Crippen LogP contribution in [0.15, 0.2) is 78.6 Å². The molecule has 6 heteroatoms. The lowest BCUT2D eigenvalue weighted by atomic mass is 9.95. The van der Waals surface area contributed by atoms with E-state index < -0.39 is 17.7 Å². The van der Waals surface area contributed by atoms with Crippen molar-refractivity contribution in [3.63, 3.8) is 0 Å². The van der Waals surface area contributed by atoms with Crippen LogP contribution in [0.4, 0.5) is 5.69 Å². The van der Waals surface area contributed by atoms with E-state index in [2.05, 4.69) is 11.9 Å². The van der Waals surface area contributed by atoms with Crippen LogP contribution in [0.5, 0.6) is 5.75 Å². The smallest absolute Gasteiger partial charge is 0.300 e. The number of amides is 1. The van der Waals surface area contributed by atoms with E-state index in [-0.39, 0.29) is 11.3 Å². The Kier molecular flexibility index (Phi) is 6.03. The first-order valence-corrected chi connectivity index (χ1v) is 10.6. The van der Waals surface area contributed by atoms with Crippen molar-refractivity contribution in [1.29, 1.82) is 0 Å². The van der Waals surface area contributed by atoms with Gasteiger partial charge >= 0.3 is 0 Å². The number of hydrogen-bond donors (Lipinski definition) is 1. The second-order valence-electron chi connectivity index (χ2n) is 7.43. The number of pyridine rings is 1. The summed E-state index contributed by atoms with van der Waals surface area (Å²) in [6, 6.07) is 17.1. The van der Waals surface area contributed by atoms with Crippen LogP contribution in [0.3, 0.4) is 0 Å². The van der Waals surface area contributed by atoms with Crippen LogP contribution >= 0.6 is 0 Å². The molecule has 1 unspecified atom stereocenters. The maximum Gasteiger partial charge on any atom is 0.300 e. The van der Waals surface area contributed by atoms with Crippen LogP contribution in [0.25, 0.3) is 5.76 Å². The molecule has 3 aromatic rings. The van der Waals surface area contributed by atoms with E-state index >= 15 is 0 Å². The molecule has 1 fully saturated rings. The minimum absolute atomic E-state index is 0.0365.